The van der Waals surface area contributed by atoms with E-state index in [2.05, 4.69) is 53.4 Å². The van der Waals surface area contributed by atoms with Crippen LogP contribution in [0.4, 0.5) is 11.4 Å². The third-order valence-corrected chi connectivity index (χ3v) is 6.81. The molecule has 0 radical (unpaired) electrons. The summed E-state index contributed by atoms with van der Waals surface area (Å²) in [7, 11) is 4.07. The summed E-state index contributed by atoms with van der Waals surface area (Å²) < 4.78 is 0. The molecule has 3 aromatic rings. The summed E-state index contributed by atoms with van der Waals surface area (Å²) in [4.78, 5) is 28.6. The maximum atomic E-state index is 13.7. The third kappa shape index (κ3) is 6.42. The van der Waals surface area contributed by atoms with E-state index in [4.69, 9.17) is 5.11 Å². The zero-order valence-corrected chi connectivity index (χ0v) is 21.1. The fraction of sp³-hybridized carbons (Fsp3) is 0.290. The van der Waals surface area contributed by atoms with Crippen molar-refractivity contribution in [1.29, 1.82) is 0 Å². The Morgan fingerprint density at radius 3 is 2.25 bits per heavy atom. The molecule has 1 N–H and O–H groups in total. The minimum Gasteiger partial charge on any atom is -0.478 e. The highest BCUT2D eigenvalue weighted by atomic mass is 16.4. The van der Waals surface area contributed by atoms with E-state index in [1.165, 1.54) is 6.42 Å². The Morgan fingerprint density at radius 1 is 0.861 bits per heavy atom. The summed E-state index contributed by atoms with van der Waals surface area (Å²) in [5.41, 5.74) is 6.04. The zero-order valence-electron chi connectivity index (χ0n) is 21.1. The van der Waals surface area contributed by atoms with Gasteiger partial charge in [0.2, 0.25) is 5.91 Å². The molecule has 1 fully saturated rings. The minimum absolute atomic E-state index is 0.0324. The molecule has 0 bridgehead atoms. The van der Waals surface area contributed by atoms with Gasteiger partial charge in [0.05, 0.1) is 6.54 Å². The molecule has 5 heteroatoms. The molecule has 186 valence electrons. The number of hydrogen-bond donors (Lipinski definition) is 1. The quantitative estimate of drug-likeness (QED) is 0.366. The van der Waals surface area contributed by atoms with Gasteiger partial charge in [-0.1, -0.05) is 67.8 Å². The second-order valence-electron chi connectivity index (χ2n) is 9.67. The number of aliphatic carboxylic acids is 1. The lowest BCUT2D eigenvalue weighted by Crippen LogP contribution is -2.36. The predicted octanol–water partition coefficient (Wildman–Crippen LogP) is 6.63. The van der Waals surface area contributed by atoms with E-state index in [9.17, 15) is 9.59 Å². The van der Waals surface area contributed by atoms with Gasteiger partial charge in [-0.25, -0.2) is 4.79 Å². The van der Waals surface area contributed by atoms with Crippen LogP contribution in [0.15, 0.2) is 78.9 Å². The molecule has 1 saturated carbocycles. The number of amides is 1. The number of nitrogens with zero attached hydrogens (tertiary/aromatic N) is 2. The van der Waals surface area contributed by atoms with Gasteiger partial charge in [-0.3, -0.25) is 4.79 Å². The average Bonchev–Trinajstić information content (AvgIpc) is 2.91. The number of carboxylic acid groups (broad SMARTS) is 1. The second-order valence-corrected chi connectivity index (χ2v) is 9.67. The smallest absolute Gasteiger partial charge is 0.328 e. The van der Waals surface area contributed by atoms with Crippen LogP contribution in [0.3, 0.4) is 0 Å². The van der Waals surface area contributed by atoms with Crippen LogP contribution in [0, 0.1) is 5.92 Å². The van der Waals surface area contributed by atoms with Gasteiger partial charge in [-0.15, -0.1) is 0 Å². The zero-order chi connectivity index (χ0) is 25.5. The first-order valence-corrected chi connectivity index (χ1v) is 12.6. The largest absolute Gasteiger partial charge is 0.478 e. The van der Waals surface area contributed by atoms with Crippen molar-refractivity contribution in [1.82, 2.24) is 0 Å². The van der Waals surface area contributed by atoms with Crippen molar-refractivity contribution in [3.63, 3.8) is 0 Å². The van der Waals surface area contributed by atoms with E-state index in [1.54, 1.807) is 6.08 Å². The maximum absolute atomic E-state index is 13.7. The first kappa shape index (κ1) is 25.2. The Morgan fingerprint density at radius 2 is 1.56 bits per heavy atom. The molecule has 0 heterocycles. The van der Waals surface area contributed by atoms with E-state index in [-0.39, 0.29) is 11.8 Å². The summed E-state index contributed by atoms with van der Waals surface area (Å²) in [6.07, 6.45) is 7.90. The van der Waals surface area contributed by atoms with E-state index < -0.39 is 5.97 Å². The third-order valence-electron chi connectivity index (χ3n) is 6.81. The average molecular weight is 483 g/mol. The van der Waals surface area contributed by atoms with Gasteiger partial charge >= 0.3 is 5.97 Å². The number of hydrogen-bond acceptors (Lipinski definition) is 3. The van der Waals surface area contributed by atoms with E-state index in [0.717, 1.165) is 65.4 Å². The molecule has 1 aliphatic carbocycles. The highest BCUT2D eigenvalue weighted by molar-refractivity contribution is 5.95. The van der Waals surface area contributed by atoms with Crippen LogP contribution < -0.4 is 9.80 Å². The fourth-order valence-corrected chi connectivity index (χ4v) is 4.78. The van der Waals surface area contributed by atoms with Crippen molar-refractivity contribution >= 4 is 29.3 Å². The van der Waals surface area contributed by atoms with Gasteiger partial charge in [0.15, 0.2) is 0 Å². The number of rotatable bonds is 8. The van der Waals surface area contributed by atoms with Crippen LogP contribution in [0.1, 0.15) is 43.2 Å². The topological polar surface area (TPSA) is 60.9 Å². The van der Waals surface area contributed by atoms with Crippen LogP contribution in [-0.2, 0) is 16.1 Å². The van der Waals surface area contributed by atoms with Gasteiger partial charge in [0.25, 0.3) is 0 Å². The lowest BCUT2D eigenvalue weighted by molar-refractivity contribution is -0.131. The van der Waals surface area contributed by atoms with Crippen LogP contribution in [0.2, 0.25) is 0 Å². The number of carbonyl (C=O) groups excluding carboxylic acids is 1. The summed E-state index contributed by atoms with van der Waals surface area (Å²) in [6, 6.07) is 24.4. The van der Waals surface area contributed by atoms with E-state index in [0.29, 0.717) is 6.54 Å². The van der Waals surface area contributed by atoms with Crippen LogP contribution >= 0.6 is 0 Å². The van der Waals surface area contributed by atoms with Crippen molar-refractivity contribution < 1.29 is 14.7 Å². The normalized spacial score (nSPS) is 14.1. The highest BCUT2D eigenvalue weighted by Crippen LogP contribution is 2.30. The van der Waals surface area contributed by atoms with Gasteiger partial charge in [-0.2, -0.15) is 0 Å². The lowest BCUT2D eigenvalue weighted by atomic mass is 9.88. The lowest BCUT2D eigenvalue weighted by Gasteiger charge is -2.30. The molecule has 1 aliphatic rings. The van der Waals surface area contributed by atoms with Crippen molar-refractivity contribution in [3.8, 4) is 11.1 Å². The first-order valence-electron chi connectivity index (χ1n) is 12.6. The number of carbonyl (C=O) groups is 2. The van der Waals surface area contributed by atoms with Crippen molar-refractivity contribution in [2.75, 3.05) is 23.9 Å². The molecule has 0 saturated heterocycles. The van der Waals surface area contributed by atoms with Crippen LogP contribution in [0.25, 0.3) is 17.2 Å². The number of benzene rings is 3. The van der Waals surface area contributed by atoms with Crippen molar-refractivity contribution in [3.05, 3.63) is 90.0 Å². The Labute approximate surface area is 213 Å². The molecule has 1 amide bonds. The molecular weight excluding hydrogens is 448 g/mol. The molecule has 0 spiro atoms. The van der Waals surface area contributed by atoms with Gasteiger partial charge < -0.3 is 14.9 Å². The van der Waals surface area contributed by atoms with Gasteiger partial charge in [0.1, 0.15) is 0 Å². The van der Waals surface area contributed by atoms with E-state index in [1.807, 2.05) is 43.3 Å². The molecule has 3 aromatic carbocycles. The summed E-state index contributed by atoms with van der Waals surface area (Å²) in [5, 5.41) is 9.00. The Hall–Kier alpha value is -3.86. The highest BCUT2D eigenvalue weighted by Gasteiger charge is 2.27. The SMILES string of the molecule is CN(C)c1cccc(-c2ccc(CN(C(=O)C3CCCCC3)c3cccc(C=CC(=O)O)c3)cc2)c1. The molecule has 5 nitrogen and oxygen atoms in total. The molecule has 0 aromatic heterocycles. The molecule has 0 aliphatic heterocycles. The maximum Gasteiger partial charge on any atom is 0.328 e. The van der Waals surface area contributed by atoms with Crippen molar-refractivity contribution in [2.24, 2.45) is 5.92 Å². The van der Waals surface area contributed by atoms with Crippen molar-refractivity contribution in [2.45, 2.75) is 38.6 Å². The number of anilines is 2. The standard InChI is InChI=1S/C31H34N2O3/c1-32(2)28-12-7-11-27(21-28)25-17-14-24(15-18-25)22-33(31(36)26-9-4-3-5-10-26)29-13-6-8-23(20-29)16-19-30(34)35/h6-8,11-21,26H,3-5,9-10,22H2,1-2H3,(H,34,35). The Balaban J connectivity index is 1.61. The Bertz CT molecular complexity index is 1220. The van der Waals surface area contributed by atoms with E-state index >= 15 is 0 Å². The summed E-state index contributed by atoms with van der Waals surface area (Å²) in [5.74, 6) is -0.811. The summed E-state index contributed by atoms with van der Waals surface area (Å²) in [6.45, 7) is 0.472. The molecular formula is C31H34N2O3. The van der Waals surface area contributed by atoms with Gasteiger partial charge in [0, 0.05) is 37.5 Å². The molecule has 0 atom stereocenters. The predicted molar refractivity (Wildman–Crippen MR) is 147 cm³/mol. The van der Waals surface area contributed by atoms with Gasteiger partial charge in [-0.05, 0) is 65.4 Å². The number of carboxylic acids is 1. The monoisotopic (exact) mass is 482 g/mol. The second kappa shape index (κ2) is 11.7. The first-order chi connectivity index (χ1) is 17.4. The van der Waals surface area contributed by atoms with Crippen LogP contribution in [0.5, 0.6) is 0 Å². The molecule has 4 rings (SSSR count). The Kier molecular flexibility index (Phi) is 8.21. The van der Waals surface area contributed by atoms with Crippen LogP contribution in [-0.4, -0.2) is 31.1 Å². The summed E-state index contributed by atoms with van der Waals surface area (Å²) >= 11 is 0. The molecule has 0 unspecified atom stereocenters. The molecule has 36 heavy (non-hydrogen) atoms. The minimum atomic E-state index is -0.994. The fourth-order valence-electron chi connectivity index (χ4n) is 4.78.